The fraction of sp³-hybridized carbons (Fsp3) is 0.647. The van der Waals surface area contributed by atoms with Crippen LogP contribution >= 0.6 is 0 Å². The minimum atomic E-state index is -0.483. The molecule has 120 valence electrons. The van der Waals surface area contributed by atoms with Crippen molar-refractivity contribution < 1.29 is 9.84 Å². The van der Waals surface area contributed by atoms with E-state index in [1.54, 1.807) is 0 Å². The van der Waals surface area contributed by atoms with Crippen molar-refractivity contribution in [3.8, 4) is 5.75 Å². The Labute approximate surface area is 129 Å². The zero-order chi connectivity index (χ0) is 15.8. The van der Waals surface area contributed by atoms with Crippen molar-refractivity contribution in [3.05, 3.63) is 28.8 Å². The van der Waals surface area contributed by atoms with E-state index in [-0.39, 0.29) is 0 Å². The summed E-state index contributed by atoms with van der Waals surface area (Å²) >= 11 is 0. The Balaban J connectivity index is 2.30. The van der Waals surface area contributed by atoms with Crippen molar-refractivity contribution >= 4 is 0 Å². The second-order valence-corrected chi connectivity index (χ2v) is 5.98. The van der Waals surface area contributed by atoms with Crippen molar-refractivity contribution in [1.29, 1.82) is 0 Å². The molecular weight excluding hydrogens is 264 g/mol. The number of hydrogen-bond acceptors (Lipinski definition) is 4. The van der Waals surface area contributed by atoms with E-state index in [1.165, 1.54) is 5.56 Å². The third-order valence-electron chi connectivity index (χ3n) is 3.63. The van der Waals surface area contributed by atoms with Crippen LogP contribution in [0.25, 0.3) is 0 Å². The first-order chi connectivity index (χ1) is 9.91. The smallest absolute Gasteiger partial charge is 0.125 e. The number of aliphatic hydroxyl groups is 1. The molecule has 0 spiro atoms. The maximum atomic E-state index is 9.97. The van der Waals surface area contributed by atoms with Gasteiger partial charge in [0.1, 0.15) is 18.5 Å². The molecule has 0 aliphatic rings. The minimum Gasteiger partial charge on any atom is -0.490 e. The van der Waals surface area contributed by atoms with E-state index in [0.717, 1.165) is 36.4 Å². The molecule has 0 amide bonds. The summed E-state index contributed by atoms with van der Waals surface area (Å²) < 4.78 is 5.81. The first kappa shape index (κ1) is 18.0. The third kappa shape index (κ3) is 6.46. The van der Waals surface area contributed by atoms with Crippen molar-refractivity contribution in [2.75, 3.05) is 40.3 Å². The number of rotatable bonds is 9. The summed E-state index contributed by atoms with van der Waals surface area (Å²) in [5, 5.41) is 13.2. The second kappa shape index (κ2) is 9.03. The lowest BCUT2D eigenvalue weighted by Crippen LogP contribution is -2.33. The molecule has 0 saturated heterocycles. The van der Waals surface area contributed by atoms with Crippen LogP contribution in [-0.2, 0) is 0 Å². The van der Waals surface area contributed by atoms with Crippen LogP contribution in [0.15, 0.2) is 12.1 Å². The Morgan fingerprint density at radius 1 is 1.19 bits per heavy atom. The number of ether oxygens (including phenoxy) is 1. The summed E-state index contributed by atoms with van der Waals surface area (Å²) in [6.07, 6.45) is 0.597. The molecule has 1 aromatic rings. The predicted octanol–water partition coefficient (Wildman–Crippen LogP) is 1.89. The van der Waals surface area contributed by atoms with Gasteiger partial charge in [-0.1, -0.05) is 12.1 Å². The molecule has 0 bridgehead atoms. The molecular formula is C17H30N2O2. The summed E-state index contributed by atoms with van der Waals surface area (Å²) in [6.45, 7) is 9.03. The van der Waals surface area contributed by atoms with Gasteiger partial charge in [-0.15, -0.1) is 0 Å². The second-order valence-electron chi connectivity index (χ2n) is 5.98. The highest BCUT2D eigenvalue weighted by molar-refractivity contribution is 5.44. The summed E-state index contributed by atoms with van der Waals surface area (Å²) in [7, 11) is 4.13. The molecule has 0 radical (unpaired) electrons. The zero-order valence-corrected chi connectivity index (χ0v) is 14.1. The fourth-order valence-corrected chi connectivity index (χ4v) is 2.18. The lowest BCUT2D eigenvalue weighted by atomic mass is 10.1. The Morgan fingerprint density at radius 3 is 2.52 bits per heavy atom. The van der Waals surface area contributed by atoms with Gasteiger partial charge in [0, 0.05) is 6.54 Å². The van der Waals surface area contributed by atoms with E-state index in [4.69, 9.17) is 4.74 Å². The van der Waals surface area contributed by atoms with Gasteiger partial charge in [0.2, 0.25) is 0 Å². The average molecular weight is 294 g/mol. The van der Waals surface area contributed by atoms with Crippen LogP contribution in [0.3, 0.4) is 0 Å². The molecule has 0 saturated carbocycles. The lowest BCUT2D eigenvalue weighted by Gasteiger charge is -2.17. The van der Waals surface area contributed by atoms with Crippen LogP contribution in [0.1, 0.15) is 23.1 Å². The van der Waals surface area contributed by atoms with Gasteiger partial charge >= 0.3 is 0 Å². The van der Waals surface area contributed by atoms with Gasteiger partial charge in [-0.05, 0) is 71.1 Å². The Kier molecular flexibility index (Phi) is 7.72. The van der Waals surface area contributed by atoms with Crippen molar-refractivity contribution in [2.45, 2.75) is 33.3 Å². The molecule has 0 aliphatic heterocycles. The van der Waals surface area contributed by atoms with Crippen LogP contribution in [0.2, 0.25) is 0 Å². The molecule has 0 aromatic heterocycles. The maximum absolute atomic E-state index is 9.97. The Morgan fingerprint density at radius 2 is 1.86 bits per heavy atom. The standard InChI is InChI=1S/C17H30N2O2/c1-13-7-8-14(2)17(15(13)3)21-12-16(20)11-18-9-6-10-19(4)5/h7-8,16,18,20H,6,9-12H2,1-5H3/t16-/m0/s1. The molecule has 1 aromatic carbocycles. The molecule has 0 unspecified atom stereocenters. The number of hydrogen-bond donors (Lipinski definition) is 2. The molecule has 0 aliphatic carbocycles. The highest BCUT2D eigenvalue weighted by atomic mass is 16.5. The molecule has 0 fully saturated rings. The van der Waals surface area contributed by atoms with E-state index in [1.807, 2.05) is 6.92 Å². The number of aryl methyl sites for hydroxylation is 2. The normalized spacial score (nSPS) is 12.7. The molecule has 21 heavy (non-hydrogen) atoms. The van der Waals surface area contributed by atoms with Crippen LogP contribution < -0.4 is 10.1 Å². The third-order valence-corrected chi connectivity index (χ3v) is 3.63. The van der Waals surface area contributed by atoms with Crippen LogP contribution in [0.4, 0.5) is 0 Å². The summed E-state index contributed by atoms with van der Waals surface area (Å²) in [4.78, 5) is 2.16. The van der Waals surface area contributed by atoms with E-state index >= 15 is 0 Å². The Bertz CT molecular complexity index is 433. The number of aliphatic hydroxyl groups excluding tert-OH is 1. The van der Waals surface area contributed by atoms with Gasteiger partial charge in [0.05, 0.1) is 0 Å². The van der Waals surface area contributed by atoms with Gasteiger partial charge in [0.15, 0.2) is 0 Å². The van der Waals surface area contributed by atoms with E-state index in [9.17, 15) is 5.11 Å². The molecule has 4 heteroatoms. The predicted molar refractivity (Wildman–Crippen MR) is 88.2 cm³/mol. The summed E-state index contributed by atoms with van der Waals surface area (Å²) in [5.41, 5.74) is 3.48. The van der Waals surface area contributed by atoms with Crippen molar-refractivity contribution in [3.63, 3.8) is 0 Å². The highest BCUT2D eigenvalue weighted by Crippen LogP contribution is 2.25. The van der Waals surface area contributed by atoms with Crippen LogP contribution in [0, 0.1) is 20.8 Å². The Hall–Kier alpha value is -1.10. The topological polar surface area (TPSA) is 44.7 Å². The van der Waals surface area contributed by atoms with Gasteiger partial charge in [-0.2, -0.15) is 0 Å². The van der Waals surface area contributed by atoms with E-state index in [0.29, 0.717) is 13.2 Å². The molecule has 4 nitrogen and oxygen atoms in total. The number of nitrogens with one attached hydrogen (secondary N) is 1. The number of benzene rings is 1. The molecule has 2 N–H and O–H groups in total. The van der Waals surface area contributed by atoms with Gasteiger partial charge in [0.25, 0.3) is 0 Å². The quantitative estimate of drug-likeness (QED) is 0.683. The maximum Gasteiger partial charge on any atom is 0.125 e. The summed E-state index contributed by atoms with van der Waals surface area (Å²) in [6, 6.07) is 4.16. The molecule has 1 atom stereocenters. The van der Waals surface area contributed by atoms with Crippen LogP contribution in [0.5, 0.6) is 5.75 Å². The van der Waals surface area contributed by atoms with Gasteiger partial charge < -0.3 is 20.1 Å². The lowest BCUT2D eigenvalue weighted by molar-refractivity contribution is 0.105. The monoisotopic (exact) mass is 294 g/mol. The van der Waals surface area contributed by atoms with Crippen LogP contribution in [-0.4, -0.2) is 56.4 Å². The highest BCUT2D eigenvalue weighted by Gasteiger charge is 2.09. The largest absolute Gasteiger partial charge is 0.490 e. The SMILES string of the molecule is Cc1ccc(C)c(OC[C@@H](O)CNCCCN(C)C)c1C. The van der Waals surface area contributed by atoms with Gasteiger partial charge in [-0.25, -0.2) is 0 Å². The van der Waals surface area contributed by atoms with E-state index in [2.05, 4.69) is 50.3 Å². The zero-order valence-electron chi connectivity index (χ0n) is 14.1. The van der Waals surface area contributed by atoms with Crippen molar-refractivity contribution in [2.24, 2.45) is 0 Å². The number of nitrogens with zero attached hydrogens (tertiary/aromatic N) is 1. The first-order valence-electron chi connectivity index (χ1n) is 7.65. The fourth-order valence-electron chi connectivity index (χ4n) is 2.18. The van der Waals surface area contributed by atoms with Crippen molar-refractivity contribution in [1.82, 2.24) is 10.2 Å². The molecule has 0 heterocycles. The first-order valence-corrected chi connectivity index (χ1v) is 7.65. The minimum absolute atomic E-state index is 0.325. The van der Waals surface area contributed by atoms with Gasteiger partial charge in [-0.3, -0.25) is 0 Å². The average Bonchev–Trinajstić information content (AvgIpc) is 2.42. The van der Waals surface area contributed by atoms with E-state index < -0.39 is 6.10 Å². The molecule has 1 rings (SSSR count). The summed E-state index contributed by atoms with van der Waals surface area (Å²) in [5.74, 6) is 0.904.